The Morgan fingerprint density at radius 3 is 2.59 bits per heavy atom. The van der Waals surface area contributed by atoms with E-state index >= 15 is 0 Å². The molecule has 1 aliphatic heterocycles. The number of rotatable bonds is 5. The second-order valence-corrected chi connectivity index (χ2v) is 6.28. The summed E-state index contributed by atoms with van der Waals surface area (Å²) in [5, 5.41) is 3.31. The molecule has 0 bridgehead atoms. The van der Waals surface area contributed by atoms with Crippen LogP contribution in [-0.2, 0) is 9.59 Å². The normalized spacial score (nSPS) is 25.4. The fraction of sp³-hybridized carbons (Fsp3) is 0.833. The summed E-state index contributed by atoms with van der Waals surface area (Å²) in [5.74, 6) is 0.909. The first-order valence-corrected chi connectivity index (χ1v) is 7.24. The second kappa shape index (κ2) is 6.28. The van der Waals surface area contributed by atoms with Crippen molar-refractivity contribution in [3.63, 3.8) is 0 Å². The monoisotopic (exact) mass is 258 g/mol. The highest BCUT2D eigenvalue weighted by Gasteiger charge is 2.36. The molecule has 0 radical (unpaired) electrons. The van der Waals surface area contributed by atoms with Crippen molar-refractivity contribution < 1.29 is 9.59 Å². The van der Waals surface area contributed by atoms with Gasteiger partial charge in [0.05, 0.1) is 0 Å². The van der Waals surface area contributed by atoms with Crippen LogP contribution in [0.5, 0.6) is 0 Å². The van der Waals surface area contributed by atoms with Gasteiger partial charge in [-0.1, -0.05) is 20.8 Å². The maximum atomic E-state index is 12.1. The molecule has 1 aliphatic rings. The zero-order valence-corrected chi connectivity index (χ0v) is 11.8. The summed E-state index contributed by atoms with van der Waals surface area (Å²) in [4.78, 5) is 25.5. The van der Waals surface area contributed by atoms with Gasteiger partial charge >= 0.3 is 0 Å². The van der Waals surface area contributed by atoms with E-state index in [1.807, 2.05) is 18.7 Å². The van der Waals surface area contributed by atoms with Crippen LogP contribution in [0.15, 0.2) is 0 Å². The van der Waals surface area contributed by atoms with E-state index in [-0.39, 0.29) is 23.9 Å². The van der Waals surface area contributed by atoms with E-state index in [9.17, 15) is 9.59 Å². The number of thioether (sulfide) groups is 1. The van der Waals surface area contributed by atoms with Crippen LogP contribution in [0.25, 0.3) is 0 Å². The van der Waals surface area contributed by atoms with E-state index in [4.69, 9.17) is 0 Å². The number of nitrogens with zero attached hydrogens (tertiary/aromatic N) is 1. The van der Waals surface area contributed by atoms with Crippen LogP contribution in [0.1, 0.15) is 34.1 Å². The van der Waals surface area contributed by atoms with E-state index in [0.717, 1.165) is 5.75 Å². The zero-order chi connectivity index (χ0) is 13.0. The highest BCUT2D eigenvalue weighted by atomic mass is 32.2. The summed E-state index contributed by atoms with van der Waals surface area (Å²) in [6.07, 6.45) is 0.658. The summed E-state index contributed by atoms with van der Waals surface area (Å²) < 4.78 is 0. The number of piperazine rings is 1. The predicted octanol–water partition coefficient (Wildman–Crippen LogP) is 1.25. The molecule has 0 saturated carbocycles. The lowest BCUT2D eigenvalue weighted by Gasteiger charge is -2.37. The van der Waals surface area contributed by atoms with Crippen molar-refractivity contribution in [3.8, 4) is 0 Å². The van der Waals surface area contributed by atoms with Gasteiger partial charge in [0, 0.05) is 12.3 Å². The van der Waals surface area contributed by atoms with Gasteiger partial charge in [0.25, 0.3) is 0 Å². The third-order valence-electron chi connectivity index (χ3n) is 2.94. The molecule has 2 unspecified atom stereocenters. The Labute approximate surface area is 108 Å². The Balaban J connectivity index is 2.59. The van der Waals surface area contributed by atoms with Crippen molar-refractivity contribution >= 4 is 23.6 Å². The molecule has 1 N–H and O–H groups in total. The van der Waals surface area contributed by atoms with Crippen LogP contribution >= 0.6 is 11.8 Å². The first kappa shape index (κ1) is 14.4. The Morgan fingerprint density at radius 1 is 1.41 bits per heavy atom. The Bertz CT molecular complexity index is 294. The summed E-state index contributed by atoms with van der Waals surface area (Å²) in [5.41, 5.74) is 0. The summed E-state index contributed by atoms with van der Waals surface area (Å²) >= 11 is 1.81. The van der Waals surface area contributed by atoms with Crippen molar-refractivity contribution in [3.05, 3.63) is 0 Å². The molecule has 1 saturated heterocycles. The quantitative estimate of drug-likeness (QED) is 0.807. The molecule has 17 heavy (non-hydrogen) atoms. The molecule has 0 aromatic carbocycles. The van der Waals surface area contributed by atoms with Gasteiger partial charge in [0.15, 0.2) is 0 Å². The fourth-order valence-corrected chi connectivity index (χ4v) is 2.63. The number of carbonyl (C=O) groups excluding carboxylic acids is 2. The van der Waals surface area contributed by atoms with Gasteiger partial charge in [-0.05, 0) is 18.6 Å². The first-order valence-electron chi connectivity index (χ1n) is 6.19. The van der Waals surface area contributed by atoms with Crippen molar-refractivity contribution in [1.82, 2.24) is 10.2 Å². The first-order chi connectivity index (χ1) is 7.97. The van der Waals surface area contributed by atoms with E-state index in [1.54, 1.807) is 11.8 Å². The number of hydrogen-bond donors (Lipinski definition) is 1. The Morgan fingerprint density at radius 2 is 2.06 bits per heavy atom. The largest absolute Gasteiger partial charge is 0.343 e. The lowest BCUT2D eigenvalue weighted by molar-refractivity contribution is -0.148. The van der Waals surface area contributed by atoms with Gasteiger partial charge in [-0.3, -0.25) is 9.59 Å². The van der Waals surface area contributed by atoms with Gasteiger partial charge in [-0.25, -0.2) is 0 Å². The zero-order valence-electron chi connectivity index (χ0n) is 11.0. The number of carbonyl (C=O) groups is 2. The highest BCUT2D eigenvalue weighted by Crippen LogP contribution is 2.15. The van der Waals surface area contributed by atoms with Crippen LogP contribution < -0.4 is 5.32 Å². The maximum Gasteiger partial charge on any atom is 0.245 e. The molecule has 4 nitrogen and oxygen atoms in total. The molecule has 5 heteroatoms. The van der Waals surface area contributed by atoms with Crippen molar-refractivity contribution in [1.29, 1.82) is 0 Å². The molecule has 1 rings (SSSR count). The number of amides is 2. The maximum absolute atomic E-state index is 12.1. The summed E-state index contributed by atoms with van der Waals surface area (Å²) in [7, 11) is 0. The van der Waals surface area contributed by atoms with Crippen molar-refractivity contribution in [2.24, 2.45) is 0 Å². The summed E-state index contributed by atoms with van der Waals surface area (Å²) in [6, 6.07) is -0.666. The van der Waals surface area contributed by atoms with Crippen LogP contribution in [0.3, 0.4) is 0 Å². The predicted molar refractivity (Wildman–Crippen MR) is 71.0 cm³/mol. The van der Waals surface area contributed by atoms with Crippen LogP contribution in [-0.4, -0.2) is 46.3 Å². The van der Waals surface area contributed by atoms with Crippen LogP contribution in [0.2, 0.25) is 0 Å². The van der Waals surface area contributed by atoms with Crippen molar-refractivity contribution in [2.75, 3.05) is 12.3 Å². The average molecular weight is 258 g/mol. The standard InChI is InChI=1S/C12H22N2O2S/c1-5-10-12(16)14(6-7-17-8(2)3)9(4)11(15)13-10/h8-10H,5-7H2,1-4H3,(H,13,15). The fourth-order valence-electron chi connectivity index (χ4n) is 1.85. The lowest BCUT2D eigenvalue weighted by Crippen LogP contribution is -2.62. The molecule has 0 aromatic rings. The van der Waals surface area contributed by atoms with Crippen molar-refractivity contribution in [2.45, 2.75) is 51.4 Å². The lowest BCUT2D eigenvalue weighted by atomic mass is 10.1. The van der Waals surface area contributed by atoms with E-state index in [0.29, 0.717) is 18.2 Å². The molecule has 2 amide bonds. The second-order valence-electron chi connectivity index (χ2n) is 4.60. The molecular formula is C12H22N2O2S. The highest BCUT2D eigenvalue weighted by molar-refractivity contribution is 7.99. The SMILES string of the molecule is CCC1NC(=O)C(C)N(CCSC(C)C)C1=O. The van der Waals surface area contributed by atoms with Gasteiger partial charge in [-0.15, -0.1) is 0 Å². The third-order valence-corrected chi connectivity index (χ3v) is 4.02. The average Bonchev–Trinajstić information content (AvgIpc) is 2.27. The minimum atomic E-state index is -0.335. The minimum Gasteiger partial charge on any atom is -0.343 e. The smallest absolute Gasteiger partial charge is 0.245 e. The minimum absolute atomic E-state index is 0.0361. The Kier molecular flexibility index (Phi) is 5.31. The molecule has 2 atom stereocenters. The third kappa shape index (κ3) is 3.63. The Hall–Kier alpha value is -0.710. The number of hydrogen-bond acceptors (Lipinski definition) is 3. The van der Waals surface area contributed by atoms with Gasteiger partial charge in [0.2, 0.25) is 11.8 Å². The molecular weight excluding hydrogens is 236 g/mol. The molecule has 1 fully saturated rings. The van der Waals surface area contributed by atoms with E-state index in [2.05, 4.69) is 19.2 Å². The molecule has 0 spiro atoms. The molecule has 1 heterocycles. The van der Waals surface area contributed by atoms with E-state index < -0.39 is 0 Å². The van der Waals surface area contributed by atoms with Gasteiger partial charge in [-0.2, -0.15) is 11.8 Å². The van der Waals surface area contributed by atoms with Gasteiger partial charge < -0.3 is 10.2 Å². The number of nitrogens with one attached hydrogen (secondary N) is 1. The topological polar surface area (TPSA) is 49.4 Å². The van der Waals surface area contributed by atoms with Crippen LogP contribution in [0.4, 0.5) is 0 Å². The van der Waals surface area contributed by atoms with E-state index in [1.165, 1.54) is 0 Å². The molecule has 0 aliphatic carbocycles. The van der Waals surface area contributed by atoms with Crippen LogP contribution in [0, 0.1) is 0 Å². The molecule has 0 aromatic heterocycles. The van der Waals surface area contributed by atoms with Gasteiger partial charge in [0.1, 0.15) is 12.1 Å². The summed E-state index contributed by atoms with van der Waals surface area (Å²) in [6.45, 7) is 8.63. The molecule has 98 valence electrons.